The molecule has 0 fully saturated rings. The maximum Gasteiger partial charge on any atom is 0.273 e. The molecule has 2 N–H and O–H groups in total. The van der Waals surface area contributed by atoms with Gasteiger partial charge in [0.15, 0.2) is 0 Å². The summed E-state index contributed by atoms with van der Waals surface area (Å²) >= 11 is 1.47. The molecular formula is C15H14N4O4S. The lowest BCUT2D eigenvalue weighted by Crippen LogP contribution is -2.35. The number of amides is 2. The lowest BCUT2D eigenvalue weighted by Gasteiger charge is -2.07. The second kappa shape index (κ2) is 7.97. The monoisotopic (exact) mass is 346 g/mol. The van der Waals surface area contributed by atoms with Crippen molar-refractivity contribution in [2.24, 2.45) is 5.10 Å². The van der Waals surface area contributed by atoms with Gasteiger partial charge in [-0.2, -0.15) is 5.10 Å². The molecule has 0 unspecified atom stereocenters. The van der Waals surface area contributed by atoms with Gasteiger partial charge < -0.3 is 5.32 Å². The molecule has 1 heterocycles. The third-order valence-electron chi connectivity index (χ3n) is 3.08. The van der Waals surface area contributed by atoms with Crippen LogP contribution in [0.1, 0.15) is 20.8 Å². The third-order valence-corrected chi connectivity index (χ3v) is 3.89. The molecule has 0 spiro atoms. The molecule has 9 heteroatoms. The first kappa shape index (κ1) is 17.3. The average molecular weight is 346 g/mol. The zero-order valence-electron chi connectivity index (χ0n) is 12.7. The molecule has 0 saturated carbocycles. The quantitative estimate of drug-likeness (QED) is 0.472. The highest BCUT2D eigenvalue weighted by Gasteiger charge is 2.18. The largest absolute Gasteiger partial charge is 0.343 e. The standard InChI is InChI=1S/C15H14N4O4S/c1-10-12(5-2-6-13(10)19(22)23)15(21)16-9-14(20)18-17-8-11-4-3-7-24-11/h2-8H,9H2,1H3,(H,16,21)(H,18,20)/b17-8-. The molecule has 8 nitrogen and oxygen atoms in total. The first-order valence-corrected chi connectivity index (χ1v) is 7.74. The Kier molecular flexibility index (Phi) is 5.74. The van der Waals surface area contributed by atoms with Crippen molar-refractivity contribution in [2.75, 3.05) is 6.54 Å². The van der Waals surface area contributed by atoms with E-state index in [4.69, 9.17) is 0 Å². The van der Waals surface area contributed by atoms with E-state index in [1.54, 1.807) is 0 Å². The number of hydrogen-bond donors (Lipinski definition) is 2. The number of hydrazone groups is 1. The highest BCUT2D eigenvalue weighted by atomic mass is 32.1. The fourth-order valence-corrected chi connectivity index (χ4v) is 2.48. The summed E-state index contributed by atoms with van der Waals surface area (Å²) in [7, 11) is 0. The van der Waals surface area contributed by atoms with Crippen LogP contribution >= 0.6 is 11.3 Å². The Bertz CT molecular complexity index is 787. The molecule has 0 bridgehead atoms. The summed E-state index contributed by atoms with van der Waals surface area (Å²) in [5, 5.41) is 18.9. The van der Waals surface area contributed by atoms with Crippen LogP contribution in [0.4, 0.5) is 5.69 Å². The van der Waals surface area contributed by atoms with Crippen molar-refractivity contribution < 1.29 is 14.5 Å². The van der Waals surface area contributed by atoms with E-state index in [0.717, 1.165) is 4.88 Å². The van der Waals surface area contributed by atoms with Crippen LogP contribution in [0.5, 0.6) is 0 Å². The number of hydrogen-bond acceptors (Lipinski definition) is 6. The van der Waals surface area contributed by atoms with E-state index in [9.17, 15) is 19.7 Å². The van der Waals surface area contributed by atoms with Gasteiger partial charge in [-0.15, -0.1) is 11.3 Å². The lowest BCUT2D eigenvalue weighted by atomic mass is 10.1. The van der Waals surface area contributed by atoms with E-state index in [2.05, 4.69) is 15.8 Å². The van der Waals surface area contributed by atoms with E-state index in [1.807, 2.05) is 17.5 Å². The van der Waals surface area contributed by atoms with Crippen molar-refractivity contribution in [1.29, 1.82) is 0 Å². The molecule has 1 aromatic heterocycles. The van der Waals surface area contributed by atoms with Crippen molar-refractivity contribution in [3.05, 3.63) is 61.8 Å². The molecule has 124 valence electrons. The Morgan fingerprint density at radius 1 is 1.33 bits per heavy atom. The molecule has 2 amide bonds. The van der Waals surface area contributed by atoms with E-state index >= 15 is 0 Å². The van der Waals surface area contributed by atoms with Crippen LogP contribution < -0.4 is 10.7 Å². The minimum atomic E-state index is -0.561. The van der Waals surface area contributed by atoms with Gasteiger partial charge in [-0.05, 0) is 24.4 Å². The fourth-order valence-electron chi connectivity index (χ4n) is 1.90. The predicted molar refractivity (Wildman–Crippen MR) is 90.2 cm³/mol. The Morgan fingerprint density at radius 3 is 2.79 bits per heavy atom. The van der Waals surface area contributed by atoms with Gasteiger partial charge >= 0.3 is 0 Å². The smallest absolute Gasteiger partial charge is 0.273 e. The molecule has 1 aromatic carbocycles. The summed E-state index contributed by atoms with van der Waals surface area (Å²) in [4.78, 5) is 34.9. The van der Waals surface area contributed by atoms with E-state index in [0.29, 0.717) is 0 Å². The number of nitrogens with one attached hydrogen (secondary N) is 2. The zero-order chi connectivity index (χ0) is 17.5. The summed E-state index contributed by atoms with van der Waals surface area (Å²) in [5.41, 5.74) is 2.54. The number of nitro benzene ring substituents is 1. The molecule has 24 heavy (non-hydrogen) atoms. The van der Waals surface area contributed by atoms with Gasteiger partial charge in [0.2, 0.25) is 0 Å². The third kappa shape index (κ3) is 4.46. The molecule has 0 atom stereocenters. The average Bonchev–Trinajstić information content (AvgIpc) is 3.06. The van der Waals surface area contributed by atoms with Crippen LogP contribution in [-0.2, 0) is 4.79 Å². The number of nitrogens with zero attached hydrogens (tertiary/aromatic N) is 2. The molecule has 0 saturated heterocycles. The maximum absolute atomic E-state index is 12.1. The van der Waals surface area contributed by atoms with Crippen LogP contribution in [0.3, 0.4) is 0 Å². The van der Waals surface area contributed by atoms with Gasteiger partial charge in [0.25, 0.3) is 17.5 Å². The van der Waals surface area contributed by atoms with Gasteiger partial charge in [0, 0.05) is 22.1 Å². The van der Waals surface area contributed by atoms with Gasteiger partial charge in [-0.3, -0.25) is 19.7 Å². The first-order valence-electron chi connectivity index (χ1n) is 6.86. The number of benzene rings is 1. The first-order chi connectivity index (χ1) is 11.5. The number of thiophene rings is 1. The minimum absolute atomic E-state index is 0.146. The van der Waals surface area contributed by atoms with Gasteiger partial charge in [-0.1, -0.05) is 12.1 Å². The SMILES string of the molecule is Cc1c(C(=O)NCC(=O)N/N=C\c2cccs2)cccc1[N+](=O)[O-]. The zero-order valence-corrected chi connectivity index (χ0v) is 13.5. The Morgan fingerprint density at radius 2 is 2.12 bits per heavy atom. The van der Waals surface area contributed by atoms with Crippen molar-refractivity contribution >= 4 is 35.1 Å². The summed E-state index contributed by atoms with van der Waals surface area (Å²) in [6, 6.07) is 7.90. The van der Waals surface area contributed by atoms with Crippen LogP contribution in [0.25, 0.3) is 0 Å². The number of carbonyl (C=O) groups is 2. The normalized spacial score (nSPS) is 10.5. The van der Waals surface area contributed by atoms with Crippen LogP contribution in [0, 0.1) is 17.0 Å². The van der Waals surface area contributed by atoms with E-state index in [1.165, 1.54) is 42.7 Å². The molecule has 0 aliphatic rings. The van der Waals surface area contributed by atoms with Crippen molar-refractivity contribution in [2.45, 2.75) is 6.92 Å². The fraction of sp³-hybridized carbons (Fsp3) is 0.133. The number of nitro groups is 1. The van der Waals surface area contributed by atoms with Crippen LogP contribution in [0.15, 0.2) is 40.8 Å². The molecule has 0 aliphatic carbocycles. The number of carbonyl (C=O) groups excluding carboxylic acids is 2. The lowest BCUT2D eigenvalue weighted by molar-refractivity contribution is -0.385. The number of rotatable bonds is 6. The van der Waals surface area contributed by atoms with Gasteiger partial charge in [0.1, 0.15) is 0 Å². The molecule has 2 aromatic rings. The second-order valence-corrected chi connectivity index (χ2v) is 5.68. The van der Waals surface area contributed by atoms with Gasteiger partial charge in [0.05, 0.1) is 17.7 Å². The van der Waals surface area contributed by atoms with Crippen molar-refractivity contribution in [1.82, 2.24) is 10.7 Å². The Labute approximate surface area is 141 Å². The summed E-state index contributed by atoms with van der Waals surface area (Å²) in [5.74, 6) is -1.06. The molecule has 0 radical (unpaired) electrons. The highest BCUT2D eigenvalue weighted by molar-refractivity contribution is 7.11. The maximum atomic E-state index is 12.1. The van der Waals surface area contributed by atoms with Crippen molar-refractivity contribution in [3.8, 4) is 0 Å². The molecule has 0 aliphatic heterocycles. The van der Waals surface area contributed by atoms with E-state index < -0.39 is 16.7 Å². The van der Waals surface area contributed by atoms with Crippen LogP contribution in [0.2, 0.25) is 0 Å². The highest BCUT2D eigenvalue weighted by Crippen LogP contribution is 2.20. The van der Waals surface area contributed by atoms with Gasteiger partial charge in [-0.25, -0.2) is 5.43 Å². The van der Waals surface area contributed by atoms with Crippen LogP contribution in [-0.4, -0.2) is 29.5 Å². The van der Waals surface area contributed by atoms with Crippen molar-refractivity contribution in [3.63, 3.8) is 0 Å². The summed E-state index contributed by atoms with van der Waals surface area (Å²) in [6.07, 6.45) is 1.50. The van der Waals surface area contributed by atoms with E-state index in [-0.39, 0.29) is 23.4 Å². The summed E-state index contributed by atoms with van der Waals surface area (Å²) in [6.45, 7) is 1.20. The minimum Gasteiger partial charge on any atom is -0.343 e. The topological polar surface area (TPSA) is 114 Å². The summed E-state index contributed by atoms with van der Waals surface area (Å²) < 4.78 is 0. The molecular weight excluding hydrogens is 332 g/mol. The predicted octanol–water partition coefficient (Wildman–Crippen LogP) is 1.84. The second-order valence-electron chi connectivity index (χ2n) is 4.70. The molecule has 2 rings (SSSR count). The Balaban J connectivity index is 1.90. The Hall–Kier alpha value is -3.07.